The average molecular weight is 516 g/mol. The maximum atomic E-state index is 13.6. The number of Topliss-reactive ketones (excluding diaryl/α,β-unsaturated/α-hetero) is 2. The Bertz CT molecular complexity index is 752. The Kier molecular flexibility index (Phi) is 5.25. The standard InChI is InChI=1S/C23H33IO5/c1-12(25)23(28)19(24)10-17-16-6-5-14-9-15(29-13(2)26)7-8-21(14,3)20(16)18(27)11-22(17,23)4/h14-17,19-20,28H,5-11H2,1-4H3/t14?,15-,16+,17+,19-,20-,21+,22+,23-/m1/s1. The smallest absolute Gasteiger partial charge is 0.302 e. The van der Waals surface area contributed by atoms with Crippen molar-refractivity contribution in [1.29, 1.82) is 0 Å². The molecule has 4 aliphatic rings. The van der Waals surface area contributed by atoms with E-state index >= 15 is 0 Å². The summed E-state index contributed by atoms with van der Waals surface area (Å²) < 4.78 is 5.36. The molecule has 6 heteroatoms. The summed E-state index contributed by atoms with van der Waals surface area (Å²) in [6.45, 7) is 7.20. The Morgan fingerprint density at radius 3 is 2.45 bits per heavy atom. The van der Waals surface area contributed by atoms with E-state index in [-0.39, 0.29) is 50.7 Å². The average Bonchev–Trinajstić information content (AvgIpc) is 2.82. The highest BCUT2D eigenvalue weighted by Gasteiger charge is 2.71. The van der Waals surface area contributed by atoms with Gasteiger partial charge in [-0.15, -0.1) is 0 Å². The number of ketones is 2. The Morgan fingerprint density at radius 2 is 1.83 bits per heavy atom. The summed E-state index contributed by atoms with van der Waals surface area (Å²) in [4.78, 5) is 37.5. The fourth-order valence-electron chi connectivity index (χ4n) is 7.97. The number of alkyl halides is 1. The molecule has 0 aromatic heterocycles. The monoisotopic (exact) mass is 516 g/mol. The summed E-state index contributed by atoms with van der Waals surface area (Å²) in [6.07, 6.45) is 5.62. The summed E-state index contributed by atoms with van der Waals surface area (Å²) >= 11 is 2.24. The van der Waals surface area contributed by atoms with E-state index < -0.39 is 11.0 Å². The molecule has 0 heterocycles. The van der Waals surface area contributed by atoms with E-state index in [1.165, 1.54) is 13.8 Å². The van der Waals surface area contributed by atoms with Crippen LogP contribution in [0.5, 0.6) is 0 Å². The Labute approximate surface area is 186 Å². The molecule has 162 valence electrons. The Balaban J connectivity index is 1.65. The van der Waals surface area contributed by atoms with Crippen LogP contribution in [0.2, 0.25) is 0 Å². The van der Waals surface area contributed by atoms with Gasteiger partial charge in [0.15, 0.2) is 5.78 Å². The van der Waals surface area contributed by atoms with Crippen molar-refractivity contribution in [3.8, 4) is 0 Å². The van der Waals surface area contributed by atoms with Crippen LogP contribution in [0.1, 0.15) is 72.6 Å². The van der Waals surface area contributed by atoms with Gasteiger partial charge in [0.05, 0.1) is 0 Å². The van der Waals surface area contributed by atoms with Gasteiger partial charge >= 0.3 is 5.97 Å². The zero-order chi connectivity index (χ0) is 21.4. The van der Waals surface area contributed by atoms with Crippen LogP contribution < -0.4 is 0 Å². The van der Waals surface area contributed by atoms with Gasteiger partial charge in [-0.3, -0.25) is 14.4 Å². The molecule has 5 nitrogen and oxygen atoms in total. The minimum absolute atomic E-state index is 0.00416. The van der Waals surface area contributed by atoms with Gasteiger partial charge in [-0.2, -0.15) is 0 Å². The van der Waals surface area contributed by atoms with E-state index in [4.69, 9.17) is 4.74 Å². The molecular formula is C23H33IO5. The molecule has 4 saturated carbocycles. The maximum Gasteiger partial charge on any atom is 0.302 e. The van der Waals surface area contributed by atoms with E-state index in [1.54, 1.807) is 0 Å². The number of aliphatic hydroxyl groups is 1. The quantitative estimate of drug-likeness (QED) is 0.343. The first-order valence-corrected chi connectivity index (χ1v) is 12.3. The molecule has 0 aromatic carbocycles. The molecule has 1 unspecified atom stereocenters. The third kappa shape index (κ3) is 2.90. The van der Waals surface area contributed by atoms with Gasteiger partial charge in [0, 0.05) is 28.6 Å². The number of hydrogen-bond donors (Lipinski definition) is 1. The van der Waals surface area contributed by atoms with Crippen LogP contribution in [0.3, 0.4) is 0 Å². The summed E-state index contributed by atoms with van der Waals surface area (Å²) in [5.41, 5.74) is -2.15. The molecule has 0 aliphatic heterocycles. The third-order valence-electron chi connectivity index (χ3n) is 9.35. The minimum Gasteiger partial charge on any atom is -0.463 e. The molecule has 4 aliphatic carbocycles. The van der Waals surface area contributed by atoms with Crippen molar-refractivity contribution >= 4 is 40.1 Å². The van der Waals surface area contributed by atoms with Crippen LogP contribution >= 0.6 is 22.6 Å². The normalized spacial score (nSPS) is 51.6. The van der Waals surface area contributed by atoms with Crippen molar-refractivity contribution in [2.45, 2.75) is 88.3 Å². The lowest BCUT2D eigenvalue weighted by Gasteiger charge is -2.60. The van der Waals surface area contributed by atoms with Crippen molar-refractivity contribution in [2.75, 3.05) is 0 Å². The molecule has 9 atom stereocenters. The van der Waals surface area contributed by atoms with Crippen LogP contribution in [0.4, 0.5) is 0 Å². The van der Waals surface area contributed by atoms with E-state index in [2.05, 4.69) is 29.5 Å². The molecule has 0 radical (unpaired) electrons. The fraction of sp³-hybridized carbons (Fsp3) is 0.870. The van der Waals surface area contributed by atoms with Gasteiger partial charge in [0.2, 0.25) is 0 Å². The number of ether oxygens (including phenoxy) is 1. The molecule has 0 saturated heterocycles. The summed E-state index contributed by atoms with van der Waals surface area (Å²) in [7, 11) is 0. The molecular weight excluding hydrogens is 483 g/mol. The number of halogens is 1. The molecule has 0 bridgehead atoms. The van der Waals surface area contributed by atoms with Gasteiger partial charge in [0.1, 0.15) is 17.5 Å². The van der Waals surface area contributed by atoms with E-state index in [0.717, 1.165) is 38.5 Å². The number of rotatable bonds is 2. The molecule has 4 fully saturated rings. The van der Waals surface area contributed by atoms with Crippen molar-refractivity contribution in [3.05, 3.63) is 0 Å². The van der Waals surface area contributed by atoms with Crippen LogP contribution in [0.25, 0.3) is 0 Å². The molecule has 4 rings (SSSR count). The SMILES string of the molecule is CC(=O)O[C@@H]1CC[C@@]2(C)C(CC[C@@H]3[C@@H]2C(=O)C[C@@]2(C)[C@H]3C[C@@H](I)[C@]2(O)C(C)=O)C1. The lowest BCUT2D eigenvalue weighted by atomic mass is 9.44. The predicted octanol–water partition coefficient (Wildman–Crippen LogP) is 3.87. The number of fused-ring (bicyclic) bond motifs is 5. The van der Waals surface area contributed by atoms with Crippen molar-refractivity contribution in [1.82, 2.24) is 0 Å². The zero-order valence-electron chi connectivity index (χ0n) is 17.9. The second kappa shape index (κ2) is 7.01. The van der Waals surface area contributed by atoms with Crippen LogP contribution in [-0.4, -0.2) is 38.3 Å². The predicted molar refractivity (Wildman–Crippen MR) is 116 cm³/mol. The van der Waals surface area contributed by atoms with Gasteiger partial charge in [0.25, 0.3) is 0 Å². The van der Waals surface area contributed by atoms with Crippen molar-refractivity contribution < 1.29 is 24.2 Å². The molecule has 29 heavy (non-hydrogen) atoms. The van der Waals surface area contributed by atoms with Crippen molar-refractivity contribution in [2.24, 2.45) is 34.5 Å². The van der Waals surface area contributed by atoms with Crippen molar-refractivity contribution in [3.63, 3.8) is 0 Å². The first-order valence-electron chi connectivity index (χ1n) is 11.0. The third-order valence-corrected chi connectivity index (χ3v) is 10.8. The number of esters is 1. The Hall–Kier alpha value is -0.500. The zero-order valence-corrected chi connectivity index (χ0v) is 20.0. The molecule has 0 amide bonds. The Morgan fingerprint density at radius 1 is 1.14 bits per heavy atom. The lowest BCUT2D eigenvalue weighted by Crippen LogP contribution is -2.62. The maximum absolute atomic E-state index is 13.6. The number of hydrogen-bond acceptors (Lipinski definition) is 5. The van der Waals surface area contributed by atoms with Gasteiger partial charge in [-0.25, -0.2) is 0 Å². The first kappa shape index (κ1) is 21.7. The second-order valence-electron chi connectivity index (χ2n) is 10.6. The van der Waals surface area contributed by atoms with Gasteiger partial charge in [-0.1, -0.05) is 36.4 Å². The summed E-state index contributed by atoms with van der Waals surface area (Å²) in [6, 6.07) is 0. The second-order valence-corrected chi connectivity index (χ2v) is 12.1. The van der Waals surface area contributed by atoms with E-state index in [1.807, 2.05) is 6.92 Å². The van der Waals surface area contributed by atoms with Gasteiger partial charge in [-0.05, 0) is 68.6 Å². The van der Waals surface area contributed by atoms with E-state index in [0.29, 0.717) is 12.3 Å². The molecule has 0 spiro atoms. The van der Waals surface area contributed by atoms with Crippen LogP contribution in [-0.2, 0) is 19.1 Å². The highest BCUT2D eigenvalue weighted by molar-refractivity contribution is 14.1. The minimum atomic E-state index is -1.41. The largest absolute Gasteiger partial charge is 0.463 e. The number of carbonyl (C=O) groups is 3. The highest BCUT2D eigenvalue weighted by Crippen LogP contribution is 2.68. The fourth-order valence-corrected chi connectivity index (χ4v) is 9.67. The molecule has 0 aromatic rings. The summed E-state index contributed by atoms with van der Waals surface area (Å²) in [5, 5.41) is 11.5. The molecule has 1 N–H and O–H groups in total. The first-order chi connectivity index (χ1) is 13.4. The van der Waals surface area contributed by atoms with Gasteiger partial charge < -0.3 is 9.84 Å². The summed E-state index contributed by atoms with van der Waals surface area (Å²) in [5.74, 6) is 0.629. The van der Waals surface area contributed by atoms with Crippen LogP contribution in [0, 0.1) is 34.5 Å². The van der Waals surface area contributed by atoms with Crippen LogP contribution in [0.15, 0.2) is 0 Å². The topological polar surface area (TPSA) is 80.7 Å². The number of carbonyl (C=O) groups excluding carboxylic acids is 3. The highest BCUT2D eigenvalue weighted by atomic mass is 127. The van der Waals surface area contributed by atoms with E-state index in [9.17, 15) is 19.5 Å². The lowest BCUT2D eigenvalue weighted by molar-refractivity contribution is -0.180.